The highest BCUT2D eigenvalue weighted by atomic mass is 16.3. The van der Waals surface area contributed by atoms with Crippen LogP contribution < -0.4 is 10.9 Å². The number of nitrogens with zero attached hydrogens (tertiary/aromatic N) is 2. The molecule has 0 saturated heterocycles. The number of hydrogen-bond donors (Lipinski definition) is 2. The van der Waals surface area contributed by atoms with E-state index in [9.17, 15) is 14.7 Å². The third-order valence-corrected chi connectivity index (χ3v) is 2.89. The molecule has 2 atom stereocenters. The fourth-order valence-corrected chi connectivity index (χ4v) is 1.97. The molecule has 0 spiro atoms. The molecule has 6 heteroatoms. The van der Waals surface area contributed by atoms with Gasteiger partial charge in [-0.2, -0.15) is 5.10 Å². The monoisotopic (exact) mass is 281 g/mol. The maximum atomic E-state index is 12.0. The normalized spacial score (nSPS) is 13.8. The highest BCUT2D eigenvalue weighted by Crippen LogP contribution is 2.04. The van der Waals surface area contributed by atoms with Crippen LogP contribution in [-0.2, 0) is 6.54 Å². The maximum Gasteiger partial charge on any atom is 0.271 e. The molecule has 0 bridgehead atoms. The summed E-state index contributed by atoms with van der Waals surface area (Å²) in [7, 11) is 0. The lowest BCUT2D eigenvalue weighted by Crippen LogP contribution is -2.32. The van der Waals surface area contributed by atoms with Gasteiger partial charge in [0, 0.05) is 19.2 Å². The van der Waals surface area contributed by atoms with Crippen molar-refractivity contribution < 1.29 is 9.90 Å². The Balaban J connectivity index is 2.63. The van der Waals surface area contributed by atoms with Crippen LogP contribution in [0, 0.1) is 5.92 Å². The molecule has 1 amide bonds. The minimum Gasteiger partial charge on any atom is -0.393 e. The third kappa shape index (κ3) is 5.13. The van der Waals surface area contributed by atoms with Gasteiger partial charge in [0.05, 0.1) is 6.10 Å². The van der Waals surface area contributed by atoms with Crippen molar-refractivity contribution in [3.05, 3.63) is 28.2 Å². The van der Waals surface area contributed by atoms with Crippen molar-refractivity contribution in [2.24, 2.45) is 5.92 Å². The maximum absolute atomic E-state index is 12.0. The predicted octanol–water partition coefficient (Wildman–Crippen LogP) is 0.790. The van der Waals surface area contributed by atoms with E-state index < -0.39 is 0 Å². The number of aromatic nitrogens is 2. The van der Waals surface area contributed by atoms with Gasteiger partial charge >= 0.3 is 0 Å². The summed E-state index contributed by atoms with van der Waals surface area (Å²) >= 11 is 0. The molecular formula is C14H23N3O3. The van der Waals surface area contributed by atoms with E-state index >= 15 is 0 Å². The van der Waals surface area contributed by atoms with E-state index in [-0.39, 0.29) is 29.2 Å². The van der Waals surface area contributed by atoms with Crippen LogP contribution in [0.1, 0.15) is 44.1 Å². The van der Waals surface area contributed by atoms with Crippen molar-refractivity contribution in [1.82, 2.24) is 15.1 Å². The van der Waals surface area contributed by atoms with Crippen molar-refractivity contribution in [1.29, 1.82) is 0 Å². The number of rotatable bonds is 7. The Morgan fingerprint density at radius 1 is 1.45 bits per heavy atom. The first kappa shape index (κ1) is 16.4. The van der Waals surface area contributed by atoms with Gasteiger partial charge in [-0.05, 0) is 31.7 Å². The van der Waals surface area contributed by atoms with E-state index in [1.54, 1.807) is 6.92 Å². The standard InChI is InChI=1S/C14H23N3O3/c1-4-7-17-13(19)6-5-12(16-17)14(20)15-9-10(2)8-11(3)18/h5-6,10-11,18H,4,7-9H2,1-3H3,(H,15,20). The molecule has 0 fully saturated rings. The van der Waals surface area contributed by atoms with Crippen LogP contribution in [0.25, 0.3) is 0 Å². The number of aryl methyl sites for hydroxylation is 1. The number of amides is 1. The Morgan fingerprint density at radius 2 is 2.15 bits per heavy atom. The van der Waals surface area contributed by atoms with E-state index in [1.165, 1.54) is 16.8 Å². The average molecular weight is 281 g/mol. The number of carbonyl (C=O) groups is 1. The van der Waals surface area contributed by atoms with Gasteiger partial charge in [0.25, 0.3) is 11.5 Å². The van der Waals surface area contributed by atoms with Crippen LogP contribution in [0.2, 0.25) is 0 Å². The lowest BCUT2D eigenvalue weighted by atomic mass is 10.0. The Kier molecular flexibility index (Phi) is 6.38. The SMILES string of the molecule is CCCn1nc(C(=O)NCC(C)CC(C)O)ccc1=O. The molecule has 2 N–H and O–H groups in total. The Labute approximate surface area is 118 Å². The summed E-state index contributed by atoms with van der Waals surface area (Å²) in [5.74, 6) is -0.118. The van der Waals surface area contributed by atoms with Gasteiger partial charge < -0.3 is 10.4 Å². The molecule has 0 aliphatic rings. The van der Waals surface area contributed by atoms with Crippen LogP contribution in [0.3, 0.4) is 0 Å². The smallest absolute Gasteiger partial charge is 0.271 e. The summed E-state index contributed by atoms with van der Waals surface area (Å²) in [5.41, 5.74) is 0.0353. The zero-order valence-corrected chi connectivity index (χ0v) is 12.3. The van der Waals surface area contributed by atoms with Gasteiger partial charge in [0.2, 0.25) is 0 Å². The van der Waals surface area contributed by atoms with E-state index in [4.69, 9.17) is 0 Å². The molecule has 1 aromatic rings. The molecule has 20 heavy (non-hydrogen) atoms. The molecule has 0 radical (unpaired) electrons. The van der Waals surface area contributed by atoms with Crippen LogP contribution in [-0.4, -0.2) is 33.4 Å². The number of carbonyl (C=O) groups excluding carboxylic acids is 1. The van der Waals surface area contributed by atoms with E-state index in [0.717, 1.165) is 6.42 Å². The van der Waals surface area contributed by atoms with Crippen molar-refractivity contribution in [2.75, 3.05) is 6.54 Å². The second-order valence-electron chi connectivity index (χ2n) is 5.18. The van der Waals surface area contributed by atoms with Crippen LogP contribution in [0.5, 0.6) is 0 Å². The molecule has 0 saturated carbocycles. The predicted molar refractivity (Wildman–Crippen MR) is 76.6 cm³/mol. The molecule has 6 nitrogen and oxygen atoms in total. The Hall–Kier alpha value is -1.69. The summed E-state index contributed by atoms with van der Waals surface area (Å²) < 4.78 is 1.30. The number of hydrogen-bond acceptors (Lipinski definition) is 4. The second-order valence-corrected chi connectivity index (χ2v) is 5.18. The Bertz CT molecular complexity index is 497. The van der Waals surface area contributed by atoms with Gasteiger partial charge in [-0.25, -0.2) is 4.68 Å². The molecule has 1 heterocycles. The topological polar surface area (TPSA) is 84.2 Å². The number of nitrogens with one attached hydrogen (secondary N) is 1. The zero-order valence-electron chi connectivity index (χ0n) is 12.3. The van der Waals surface area contributed by atoms with E-state index in [2.05, 4.69) is 10.4 Å². The van der Waals surface area contributed by atoms with E-state index in [0.29, 0.717) is 19.5 Å². The average Bonchev–Trinajstić information content (AvgIpc) is 2.38. The van der Waals surface area contributed by atoms with Crippen molar-refractivity contribution >= 4 is 5.91 Å². The quantitative estimate of drug-likeness (QED) is 0.774. The summed E-state index contributed by atoms with van der Waals surface area (Å²) in [5, 5.41) is 16.1. The van der Waals surface area contributed by atoms with Crippen molar-refractivity contribution in [2.45, 2.75) is 46.3 Å². The van der Waals surface area contributed by atoms with Gasteiger partial charge in [-0.15, -0.1) is 0 Å². The highest BCUT2D eigenvalue weighted by Gasteiger charge is 2.12. The second kappa shape index (κ2) is 7.79. The Morgan fingerprint density at radius 3 is 2.75 bits per heavy atom. The molecule has 1 rings (SSSR count). The molecule has 0 aliphatic carbocycles. The highest BCUT2D eigenvalue weighted by molar-refractivity contribution is 5.91. The largest absolute Gasteiger partial charge is 0.393 e. The lowest BCUT2D eigenvalue weighted by Gasteiger charge is -2.14. The number of aliphatic hydroxyl groups is 1. The molecule has 1 aromatic heterocycles. The minimum atomic E-state index is -0.383. The zero-order chi connectivity index (χ0) is 15.1. The summed E-state index contributed by atoms with van der Waals surface area (Å²) in [4.78, 5) is 23.5. The molecule has 0 aliphatic heterocycles. The first-order chi connectivity index (χ1) is 9.43. The van der Waals surface area contributed by atoms with Gasteiger partial charge in [-0.1, -0.05) is 13.8 Å². The minimum absolute atomic E-state index is 0.181. The van der Waals surface area contributed by atoms with Crippen molar-refractivity contribution in [3.63, 3.8) is 0 Å². The fraction of sp³-hybridized carbons (Fsp3) is 0.643. The van der Waals surface area contributed by atoms with Crippen LogP contribution >= 0.6 is 0 Å². The van der Waals surface area contributed by atoms with Crippen LogP contribution in [0.15, 0.2) is 16.9 Å². The summed E-state index contributed by atoms with van der Waals surface area (Å²) in [6, 6.07) is 2.79. The molecular weight excluding hydrogens is 258 g/mol. The van der Waals surface area contributed by atoms with Crippen LogP contribution in [0.4, 0.5) is 0 Å². The number of aliphatic hydroxyl groups excluding tert-OH is 1. The van der Waals surface area contributed by atoms with Gasteiger partial charge in [0.1, 0.15) is 5.69 Å². The van der Waals surface area contributed by atoms with E-state index in [1.807, 2.05) is 13.8 Å². The first-order valence-electron chi connectivity index (χ1n) is 6.98. The summed E-state index contributed by atoms with van der Waals surface area (Å²) in [6.07, 6.45) is 1.03. The fourth-order valence-electron chi connectivity index (χ4n) is 1.97. The van der Waals surface area contributed by atoms with Gasteiger partial charge in [0.15, 0.2) is 0 Å². The summed E-state index contributed by atoms with van der Waals surface area (Å²) in [6.45, 7) is 6.59. The van der Waals surface area contributed by atoms with Gasteiger partial charge in [-0.3, -0.25) is 9.59 Å². The molecule has 2 unspecified atom stereocenters. The molecule has 112 valence electrons. The van der Waals surface area contributed by atoms with Crippen molar-refractivity contribution in [3.8, 4) is 0 Å². The first-order valence-corrected chi connectivity index (χ1v) is 6.98. The molecule has 0 aromatic carbocycles. The third-order valence-electron chi connectivity index (χ3n) is 2.89. The lowest BCUT2D eigenvalue weighted by molar-refractivity contribution is 0.0932.